The molecule has 0 saturated carbocycles. The Morgan fingerprint density at radius 1 is 1.14 bits per heavy atom. The van der Waals surface area contributed by atoms with Crippen LogP contribution in [0, 0.1) is 11.8 Å². The molecule has 0 aromatic heterocycles. The van der Waals surface area contributed by atoms with Crippen molar-refractivity contribution < 1.29 is 0 Å². The van der Waals surface area contributed by atoms with Gasteiger partial charge in [0.2, 0.25) is 0 Å². The normalized spacial score (nSPS) is 29.4. The molecular formula is C13H27N. The number of nitrogens with zero attached hydrogens (tertiary/aromatic N) is 1. The summed E-state index contributed by atoms with van der Waals surface area (Å²) in [6.07, 6.45) is 8.53. The topological polar surface area (TPSA) is 3.24 Å². The highest BCUT2D eigenvalue weighted by Crippen LogP contribution is 2.29. The minimum absolute atomic E-state index is 0.991. The van der Waals surface area contributed by atoms with E-state index in [1.165, 1.54) is 51.6 Å². The lowest BCUT2D eigenvalue weighted by Crippen LogP contribution is -2.37. The van der Waals surface area contributed by atoms with Crippen LogP contribution in [0.15, 0.2) is 0 Å². The lowest BCUT2D eigenvalue weighted by atomic mass is 9.81. The van der Waals surface area contributed by atoms with E-state index in [-0.39, 0.29) is 0 Å². The molecule has 0 aromatic rings. The molecule has 1 saturated heterocycles. The second-order valence-electron chi connectivity index (χ2n) is 4.98. The molecule has 2 atom stereocenters. The molecule has 0 aromatic carbocycles. The molecular weight excluding hydrogens is 170 g/mol. The van der Waals surface area contributed by atoms with Gasteiger partial charge in [-0.25, -0.2) is 0 Å². The third-order valence-electron chi connectivity index (χ3n) is 3.80. The number of likely N-dealkylation sites (tertiary alicyclic amines) is 1. The summed E-state index contributed by atoms with van der Waals surface area (Å²) >= 11 is 0. The van der Waals surface area contributed by atoms with Crippen LogP contribution in [0.25, 0.3) is 0 Å². The summed E-state index contributed by atoms with van der Waals surface area (Å²) in [5.41, 5.74) is 0. The average Bonchev–Trinajstić information content (AvgIpc) is 2.19. The standard InChI is InChI=1S/C13H27N/c1-4-6-7-8-13-11-14(3)10-9-12(13)5-2/h12-13H,4-11H2,1-3H3. The van der Waals surface area contributed by atoms with Gasteiger partial charge in [-0.15, -0.1) is 0 Å². The van der Waals surface area contributed by atoms with Gasteiger partial charge < -0.3 is 4.90 Å². The van der Waals surface area contributed by atoms with Gasteiger partial charge in [-0.05, 0) is 38.3 Å². The fourth-order valence-electron chi connectivity index (χ4n) is 2.78. The number of piperidine rings is 1. The van der Waals surface area contributed by atoms with Crippen LogP contribution in [0.2, 0.25) is 0 Å². The lowest BCUT2D eigenvalue weighted by molar-refractivity contribution is 0.130. The molecule has 0 bridgehead atoms. The molecule has 0 radical (unpaired) electrons. The van der Waals surface area contributed by atoms with Crippen molar-refractivity contribution in [2.45, 2.75) is 52.4 Å². The zero-order valence-corrected chi connectivity index (χ0v) is 10.3. The van der Waals surface area contributed by atoms with Crippen LogP contribution in [0.5, 0.6) is 0 Å². The van der Waals surface area contributed by atoms with E-state index in [4.69, 9.17) is 0 Å². The van der Waals surface area contributed by atoms with Gasteiger partial charge in [0.1, 0.15) is 0 Å². The Kier molecular flexibility index (Phi) is 5.54. The van der Waals surface area contributed by atoms with Gasteiger partial charge in [0.15, 0.2) is 0 Å². The SMILES string of the molecule is CCCCCC1CN(C)CCC1CC. The van der Waals surface area contributed by atoms with Crippen LogP contribution < -0.4 is 0 Å². The van der Waals surface area contributed by atoms with Crippen molar-refractivity contribution in [1.29, 1.82) is 0 Å². The lowest BCUT2D eigenvalue weighted by Gasteiger charge is -2.36. The fraction of sp³-hybridized carbons (Fsp3) is 1.00. The van der Waals surface area contributed by atoms with Gasteiger partial charge in [0.05, 0.1) is 0 Å². The minimum atomic E-state index is 0.991. The molecule has 1 heteroatoms. The summed E-state index contributed by atoms with van der Waals surface area (Å²) in [6.45, 7) is 7.33. The van der Waals surface area contributed by atoms with E-state index in [2.05, 4.69) is 25.8 Å². The Morgan fingerprint density at radius 3 is 2.57 bits per heavy atom. The zero-order valence-electron chi connectivity index (χ0n) is 10.3. The molecule has 1 aliphatic rings. The highest BCUT2D eigenvalue weighted by Gasteiger charge is 2.25. The fourth-order valence-corrected chi connectivity index (χ4v) is 2.78. The van der Waals surface area contributed by atoms with Crippen molar-refractivity contribution in [3.63, 3.8) is 0 Å². The Bertz CT molecular complexity index is 144. The van der Waals surface area contributed by atoms with Crippen molar-refractivity contribution in [2.24, 2.45) is 11.8 Å². The quantitative estimate of drug-likeness (QED) is 0.609. The summed E-state index contributed by atoms with van der Waals surface area (Å²) in [7, 11) is 2.28. The van der Waals surface area contributed by atoms with Crippen molar-refractivity contribution >= 4 is 0 Å². The van der Waals surface area contributed by atoms with E-state index in [1.807, 2.05) is 0 Å². The Morgan fingerprint density at radius 2 is 1.93 bits per heavy atom. The molecule has 1 nitrogen and oxygen atoms in total. The Hall–Kier alpha value is -0.0400. The monoisotopic (exact) mass is 197 g/mol. The van der Waals surface area contributed by atoms with Crippen molar-refractivity contribution in [2.75, 3.05) is 20.1 Å². The number of hydrogen-bond donors (Lipinski definition) is 0. The molecule has 2 unspecified atom stereocenters. The number of unbranched alkanes of at least 4 members (excludes halogenated alkanes) is 2. The molecule has 84 valence electrons. The minimum Gasteiger partial charge on any atom is -0.306 e. The average molecular weight is 197 g/mol. The van der Waals surface area contributed by atoms with Gasteiger partial charge in [-0.2, -0.15) is 0 Å². The predicted octanol–water partition coefficient (Wildman–Crippen LogP) is 3.54. The third kappa shape index (κ3) is 3.61. The van der Waals surface area contributed by atoms with Gasteiger partial charge in [-0.3, -0.25) is 0 Å². The number of hydrogen-bond acceptors (Lipinski definition) is 1. The third-order valence-corrected chi connectivity index (χ3v) is 3.80. The van der Waals surface area contributed by atoms with Crippen LogP contribution in [0.1, 0.15) is 52.4 Å². The highest BCUT2D eigenvalue weighted by atomic mass is 15.1. The summed E-state index contributed by atoms with van der Waals surface area (Å²) in [5.74, 6) is 2.01. The zero-order chi connectivity index (χ0) is 10.4. The first-order valence-electron chi connectivity index (χ1n) is 6.46. The van der Waals surface area contributed by atoms with E-state index in [0.29, 0.717) is 0 Å². The van der Waals surface area contributed by atoms with Crippen LogP contribution in [0.4, 0.5) is 0 Å². The van der Waals surface area contributed by atoms with Gasteiger partial charge in [0, 0.05) is 6.54 Å². The second kappa shape index (κ2) is 6.44. The molecule has 0 amide bonds. The maximum absolute atomic E-state index is 2.52. The van der Waals surface area contributed by atoms with Crippen molar-refractivity contribution in [3.05, 3.63) is 0 Å². The van der Waals surface area contributed by atoms with E-state index < -0.39 is 0 Å². The van der Waals surface area contributed by atoms with Gasteiger partial charge >= 0.3 is 0 Å². The molecule has 0 spiro atoms. The van der Waals surface area contributed by atoms with E-state index in [1.54, 1.807) is 0 Å². The van der Waals surface area contributed by atoms with E-state index >= 15 is 0 Å². The first-order valence-corrected chi connectivity index (χ1v) is 6.46. The molecule has 1 fully saturated rings. The first-order chi connectivity index (χ1) is 6.77. The summed E-state index contributed by atoms with van der Waals surface area (Å²) in [5, 5.41) is 0. The van der Waals surface area contributed by atoms with E-state index in [9.17, 15) is 0 Å². The Labute approximate surface area is 89.9 Å². The molecule has 1 aliphatic heterocycles. The highest BCUT2D eigenvalue weighted by molar-refractivity contribution is 4.78. The predicted molar refractivity (Wildman–Crippen MR) is 63.5 cm³/mol. The van der Waals surface area contributed by atoms with Gasteiger partial charge in [-0.1, -0.05) is 39.5 Å². The first kappa shape index (κ1) is 12.0. The molecule has 0 N–H and O–H groups in total. The van der Waals surface area contributed by atoms with Crippen LogP contribution in [-0.2, 0) is 0 Å². The van der Waals surface area contributed by atoms with Crippen LogP contribution in [-0.4, -0.2) is 25.0 Å². The van der Waals surface area contributed by atoms with E-state index in [0.717, 1.165) is 11.8 Å². The summed E-state index contributed by atoms with van der Waals surface area (Å²) in [4.78, 5) is 2.52. The van der Waals surface area contributed by atoms with Crippen molar-refractivity contribution in [1.82, 2.24) is 4.90 Å². The van der Waals surface area contributed by atoms with Crippen LogP contribution >= 0.6 is 0 Å². The smallest absolute Gasteiger partial charge is 0.000926 e. The second-order valence-corrected chi connectivity index (χ2v) is 4.98. The maximum Gasteiger partial charge on any atom is 0.000926 e. The maximum atomic E-state index is 2.52. The van der Waals surface area contributed by atoms with Crippen molar-refractivity contribution in [3.8, 4) is 0 Å². The Balaban J connectivity index is 2.29. The molecule has 14 heavy (non-hydrogen) atoms. The largest absolute Gasteiger partial charge is 0.306 e. The van der Waals surface area contributed by atoms with Gasteiger partial charge in [0.25, 0.3) is 0 Å². The molecule has 1 heterocycles. The number of rotatable bonds is 5. The molecule has 1 rings (SSSR count). The summed E-state index contributed by atoms with van der Waals surface area (Å²) in [6, 6.07) is 0. The van der Waals surface area contributed by atoms with Crippen LogP contribution in [0.3, 0.4) is 0 Å². The molecule has 0 aliphatic carbocycles. The summed E-state index contributed by atoms with van der Waals surface area (Å²) < 4.78 is 0.